The third-order valence-electron chi connectivity index (χ3n) is 6.76. The highest BCUT2D eigenvalue weighted by atomic mass is 31.2. The first-order valence-corrected chi connectivity index (χ1v) is 12.8. The molecule has 2 aliphatic carbocycles. The van der Waals surface area contributed by atoms with Crippen LogP contribution in [-0.4, -0.2) is 177 Å². The molecule has 1 heterocycles. The summed E-state index contributed by atoms with van der Waals surface area (Å²) in [7, 11) is -5.88. The molecule has 19 nitrogen and oxygen atoms in total. The Morgan fingerprint density at radius 1 is 0.553 bits per heavy atom. The summed E-state index contributed by atoms with van der Waals surface area (Å²) in [5.41, 5.74) is 0. The number of phosphoric acid groups is 1. The monoisotopic (exact) mass is 583 g/mol. The van der Waals surface area contributed by atoms with Crippen LogP contribution in [0.1, 0.15) is 0 Å². The summed E-state index contributed by atoms with van der Waals surface area (Å²) >= 11 is 0. The van der Waals surface area contributed by atoms with Crippen molar-refractivity contribution in [1.82, 2.24) is 0 Å². The van der Waals surface area contributed by atoms with Crippen molar-refractivity contribution in [3.05, 3.63) is 0 Å². The largest absolute Gasteiger partial charge is 0.756 e. The zero-order valence-electron chi connectivity index (χ0n) is 19.2. The van der Waals surface area contributed by atoms with Crippen LogP contribution in [0.3, 0.4) is 0 Å². The maximum absolute atomic E-state index is 12.6. The minimum atomic E-state index is -5.88. The molecule has 0 amide bonds. The number of aliphatic hydroxyl groups is 13. The Kier molecular flexibility index (Phi) is 10.3. The molecule has 18 atom stereocenters. The third-order valence-corrected chi connectivity index (χ3v) is 7.76. The topological polar surface area (TPSA) is 340 Å². The van der Waals surface area contributed by atoms with Gasteiger partial charge in [-0.2, -0.15) is 0 Å². The van der Waals surface area contributed by atoms with Gasteiger partial charge in [-0.3, -0.25) is 4.57 Å². The fourth-order valence-corrected chi connectivity index (χ4v) is 5.58. The fourth-order valence-electron chi connectivity index (χ4n) is 4.44. The van der Waals surface area contributed by atoms with Crippen LogP contribution < -0.4 is 4.89 Å². The van der Waals surface area contributed by atoms with E-state index in [2.05, 4.69) is 4.52 Å². The maximum Gasteiger partial charge on any atom is 0.268 e. The van der Waals surface area contributed by atoms with Gasteiger partial charge in [-0.1, -0.05) is 0 Å². The standard InChI is InChI=1S/C18H33O19P/c19-1-2-3(20)4(21)14(31)18(34-2)35-16-12(29)8(25)9(26)13(30)17(16)37-38(32,33)36-15-10(27)6(23)5(22)7(24)11(15)28/h2-31H,1H2,(H,32,33)/p-1/t2-,3-,4+,5?,6-,7+,8-,9-,10-,11-,12+,13+,14+,15?,16+,17-,18-/m1/s1. The first-order valence-electron chi connectivity index (χ1n) is 11.3. The number of hydrogen-bond donors (Lipinski definition) is 13. The first kappa shape index (κ1) is 32.0. The van der Waals surface area contributed by atoms with Gasteiger partial charge < -0.3 is 89.8 Å². The van der Waals surface area contributed by atoms with Gasteiger partial charge >= 0.3 is 0 Å². The van der Waals surface area contributed by atoms with Crippen LogP contribution in [0.4, 0.5) is 0 Å². The number of rotatable bonds is 7. The van der Waals surface area contributed by atoms with Gasteiger partial charge in [-0.05, 0) is 0 Å². The summed E-state index contributed by atoms with van der Waals surface area (Å²) < 4.78 is 32.2. The van der Waals surface area contributed by atoms with E-state index >= 15 is 0 Å². The van der Waals surface area contributed by atoms with Crippen LogP contribution in [0, 0.1) is 0 Å². The Labute approximate surface area is 213 Å². The molecule has 1 saturated heterocycles. The predicted octanol–water partition coefficient (Wildman–Crippen LogP) is -9.31. The number of aliphatic hydroxyl groups excluding tert-OH is 13. The fraction of sp³-hybridized carbons (Fsp3) is 1.00. The molecule has 3 rings (SSSR count). The molecule has 3 unspecified atom stereocenters. The molecule has 0 radical (unpaired) electrons. The molecule has 224 valence electrons. The van der Waals surface area contributed by atoms with Crippen LogP contribution >= 0.6 is 7.82 Å². The summed E-state index contributed by atoms with van der Waals surface area (Å²) in [4.78, 5) is 12.6. The Bertz CT molecular complexity index is 818. The Morgan fingerprint density at radius 2 is 0.921 bits per heavy atom. The van der Waals surface area contributed by atoms with Gasteiger partial charge in [-0.15, -0.1) is 0 Å². The second kappa shape index (κ2) is 12.2. The van der Waals surface area contributed by atoms with Gasteiger partial charge in [0.1, 0.15) is 97.7 Å². The summed E-state index contributed by atoms with van der Waals surface area (Å²) in [6.45, 7) is -0.899. The number of hydrogen-bond acceptors (Lipinski definition) is 19. The highest BCUT2D eigenvalue weighted by Gasteiger charge is 2.55. The SMILES string of the molecule is O=P([O-])(OC1[C@H](O)[C@H](O)C(O)[C@H](O)[C@H]1O)O[C@@H]1[C@@H](O)[C@H](O)[C@@H](O)[C@H](O)[C@@H]1O[C@H]1O[C@H](CO)[C@@H](O)[C@H](O)[C@@H]1O. The lowest BCUT2D eigenvalue weighted by Gasteiger charge is -2.48. The predicted molar refractivity (Wildman–Crippen MR) is 110 cm³/mol. The minimum absolute atomic E-state index is 0.899. The third kappa shape index (κ3) is 6.06. The Balaban J connectivity index is 1.84. The van der Waals surface area contributed by atoms with Gasteiger partial charge in [0.25, 0.3) is 7.82 Å². The smallest absolute Gasteiger partial charge is 0.268 e. The average molecular weight is 583 g/mol. The van der Waals surface area contributed by atoms with Crippen LogP contribution in [0.5, 0.6) is 0 Å². The molecule has 0 bridgehead atoms. The molecule has 38 heavy (non-hydrogen) atoms. The van der Waals surface area contributed by atoms with Crippen molar-refractivity contribution in [3.63, 3.8) is 0 Å². The van der Waals surface area contributed by atoms with Gasteiger partial charge in [0.2, 0.25) is 0 Å². The number of ether oxygens (including phenoxy) is 2. The summed E-state index contributed by atoms with van der Waals surface area (Å²) in [5.74, 6) is 0. The van der Waals surface area contributed by atoms with Crippen molar-refractivity contribution < 1.29 is 94.4 Å². The molecule has 0 aromatic rings. The second-order valence-corrected chi connectivity index (χ2v) is 10.6. The quantitative estimate of drug-likeness (QED) is 0.124. The highest BCUT2D eigenvalue weighted by molar-refractivity contribution is 7.45. The normalized spacial score (nSPS) is 53.9. The van der Waals surface area contributed by atoms with Crippen LogP contribution in [0.15, 0.2) is 0 Å². The highest BCUT2D eigenvalue weighted by Crippen LogP contribution is 2.47. The lowest BCUT2D eigenvalue weighted by Crippen LogP contribution is -2.67. The van der Waals surface area contributed by atoms with E-state index in [-0.39, 0.29) is 0 Å². The van der Waals surface area contributed by atoms with Crippen LogP contribution in [-0.2, 0) is 23.1 Å². The number of phosphoric ester groups is 1. The zero-order valence-corrected chi connectivity index (χ0v) is 20.1. The first-order chi connectivity index (χ1) is 17.5. The van der Waals surface area contributed by atoms with E-state index in [4.69, 9.17) is 14.0 Å². The molecule has 3 fully saturated rings. The van der Waals surface area contributed by atoms with Gasteiger partial charge in [0, 0.05) is 0 Å². The van der Waals surface area contributed by atoms with Crippen LogP contribution in [0.25, 0.3) is 0 Å². The zero-order chi connectivity index (χ0) is 28.9. The molecule has 3 aliphatic rings. The van der Waals surface area contributed by atoms with Gasteiger partial charge in [0.15, 0.2) is 6.29 Å². The molecule has 0 spiro atoms. The van der Waals surface area contributed by atoms with E-state index in [0.717, 1.165) is 0 Å². The van der Waals surface area contributed by atoms with Crippen molar-refractivity contribution in [2.45, 2.75) is 104 Å². The van der Waals surface area contributed by atoms with Crippen molar-refractivity contribution in [2.75, 3.05) is 6.61 Å². The maximum atomic E-state index is 12.6. The van der Waals surface area contributed by atoms with Crippen molar-refractivity contribution in [3.8, 4) is 0 Å². The lowest BCUT2D eigenvalue weighted by atomic mass is 9.84. The van der Waals surface area contributed by atoms with Gasteiger partial charge in [-0.25, -0.2) is 0 Å². The van der Waals surface area contributed by atoms with E-state index in [1.165, 1.54) is 0 Å². The van der Waals surface area contributed by atoms with Crippen molar-refractivity contribution >= 4 is 7.82 Å². The van der Waals surface area contributed by atoms with Gasteiger partial charge in [0.05, 0.1) is 6.61 Å². The van der Waals surface area contributed by atoms with Crippen molar-refractivity contribution in [1.29, 1.82) is 0 Å². The van der Waals surface area contributed by atoms with E-state index in [1.807, 2.05) is 0 Å². The molecule has 20 heteroatoms. The average Bonchev–Trinajstić information content (AvgIpc) is 2.88. The Hall–Kier alpha value is -0.490. The van der Waals surface area contributed by atoms with Crippen molar-refractivity contribution in [2.24, 2.45) is 0 Å². The summed E-state index contributed by atoms with van der Waals surface area (Å²) in [5, 5.41) is 129. The minimum Gasteiger partial charge on any atom is -0.756 e. The van der Waals surface area contributed by atoms with E-state index in [1.54, 1.807) is 0 Å². The van der Waals surface area contributed by atoms with E-state index in [0.29, 0.717) is 0 Å². The molecular weight excluding hydrogens is 551 g/mol. The molecular formula is C18H32O19P-. The molecule has 1 aliphatic heterocycles. The lowest BCUT2D eigenvalue weighted by molar-refractivity contribution is -0.342. The molecule has 0 aromatic heterocycles. The van der Waals surface area contributed by atoms with E-state index in [9.17, 15) is 75.8 Å². The van der Waals surface area contributed by atoms with E-state index < -0.39 is 118 Å². The second-order valence-electron chi connectivity index (χ2n) is 9.30. The Morgan fingerprint density at radius 3 is 1.39 bits per heavy atom. The summed E-state index contributed by atoms with van der Waals surface area (Å²) in [6, 6.07) is 0. The summed E-state index contributed by atoms with van der Waals surface area (Å²) in [6.07, 6.45) is -36.5. The van der Waals surface area contributed by atoms with Crippen LogP contribution in [0.2, 0.25) is 0 Å². The molecule has 2 saturated carbocycles. The molecule has 0 aromatic carbocycles. The molecule has 13 N–H and O–H groups in total.